The molecule has 2 aromatic carbocycles. The first kappa shape index (κ1) is 18.1. The minimum absolute atomic E-state index is 0.178. The van der Waals surface area contributed by atoms with Gasteiger partial charge in [0, 0.05) is 12.6 Å². The predicted octanol–water partition coefficient (Wildman–Crippen LogP) is 3.39. The highest BCUT2D eigenvalue weighted by Crippen LogP contribution is 2.38. The van der Waals surface area contributed by atoms with Gasteiger partial charge in [0.15, 0.2) is 11.5 Å². The Kier molecular flexibility index (Phi) is 4.77. The highest BCUT2D eigenvalue weighted by molar-refractivity contribution is 6.11. The van der Waals surface area contributed by atoms with E-state index in [0.717, 1.165) is 11.1 Å². The molecule has 1 atom stereocenters. The molecule has 6 heteroatoms. The van der Waals surface area contributed by atoms with E-state index >= 15 is 0 Å². The van der Waals surface area contributed by atoms with Crippen LogP contribution in [0.2, 0.25) is 0 Å². The van der Waals surface area contributed by atoms with Crippen LogP contribution in [0.5, 0.6) is 11.5 Å². The van der Waals surface area contributed by atoms with Gasteiger partial charge in [-0.25, -0.2) is 0 Å². The number of methoxy groups -OCH3 is 1. The summed E-state index contributed by atoms with van der Waals surface area (Å²) in [4.78, 5) is 27.4. The predicted molar refractivity (Wildman–Crippen MR) is 106 cm³/mol. The molecule has 0 spiro atoms. The molecule has 1 N–H and O–H groups in total. The lowest BCUT2D eigenvalue weighted by atomic mass is 10.1. The second kappa shape index (κ2) is 7.38. The molecule has 0 unspecified atom stereocenters. The van der Waals surface area contributed by atoms with Crippen LogP contribution in [-0.2, 0) is 11.4 Å². The number of hydrogen-bond donors (Lipinski definition) is 1. The van der Waals surface area contributed by atoms with E-state index in [2.05, 4.69) is 5.32 Å². The maximum atomic E-state index is 13.1. The molecule has 2 aromatic rings. The van der Waals surface area contributed by atoms with Crippen molar-refractivity contribution in [3.05, 3.63) is 65.2 Å². The van der Waals surface area contributed by atoms with Crippen molar-refractivity contribution in [2.75, 3.05) is 19.0 Å². The molecule has 0 aromatic heterocycles. The number of ether oxygens (including phenoxy) is 2. The normalized spacial score (nSPS) is 19.7. The summed E-state index contributed by atoms with van der Waals surface area (Å²) in [6.45, 7) is 2.76. The van der Waals surface area contributed by atoms with Crippen LogP contribution in [-0.4, -0.2) is 36.4 Å². The quantitative estimate of drug-likeness (QED) is 0.828. The molecule has 144 valence electrons. The molecule has 0 aliphatic carbocycles. The van der Waals surface area contributed by atoms with E-state index in [1.54, 1.807) is 17.0 Å². The van der Waals surface area contributed by atoms with Crippen molar-refractivity contribution in [3.63, 3.8) is 0 Å². The van der Waals surface area contributed by atoms with Crippen LogP contribution in [0, 0.1) is 0 Å². The lowest BCUT2D eigenvalue weighted by Gasteiger charge is -2.19. The minimum atomic E-state index is -0.481. The molecule has 1 fully saturated rings. The number of nitrogens with zero attached hydrogens (tertiary/aromatic N) is 1. The van der Waals surface area contributed by atoms with E-state index < -0.39 is 6.04 Å². The Morgan fingerprint density at radius 2 is 1.96 bits per heavy atom. The molecule has 2 aliphatic rings. The molecule has 0 saturated carbocycles. The van der Waals surface area contributed by atoms with Gasteiger partial charge in [0.2, 0.25) is 5.91 Å². The Labute approximate surface area is 163 Å². The van der Waals surface area contributed by atoms with Gasteiger partial charge in [-0.1, -0.05) is 42.0 Å². The van der Waals surface area contributed by atoms with Crippen LogP contribution in [0.15, 0.2) is 54.1 Å². The lowest BCUT2D eigenvalue weighted by molar-refractivity contribution is -0.119. The molecule has 1 saturated heterocycles. The first-order valence-electron chi connectivity index (χ1n) is 9.25. The van der Waals surface area contributed by atoms with E-state index in [-0.39, 0.29) is 11.8 Å². The number of benzene rings is 2. The number of hydrogen-bond acceptors (Lipinski definition) is 4. The Hall–Kier alpha value is -3.28. The van der Waals surface area contributed by atoms with Gasteiger partial charge in [-0.3, -0.25) is 9.59 Å². The van der Waals surface area contributed by atoms with E-state index in [9.17, 15) is 9.59 Å². The highest BCUT2D eigenvalue weighted by Gasteiger charge is 2.40. The Balaban J connectivity index is 1.67. The Morgan fingerprint density at radius 1 is 1.18 bits per heavy atom. The molecule has 2 aliphatic heterocycles. The summed E-state index contributed by atoms with van der Waals surface area (Å²) in [6, 6.07) is 12.6. The van der Waals surface area contributed by atoms with Crippen LogP contribution in [0.4, 0.5) is 5.69 Å². The SMILES string of the molecule is C/C=C1\C[C@H]2C(=O)Nc3cc(OCc4ccccc4)c(OC)cc3C(=O)N2C1. The third-order valence-electron chi connectivity index (χ3n) is 5.21. The lowest BCUT2D eigenvalue weighted by Crippen LogP contribution is -2.40. The average molecular weight is 378 g/mol. The number of carbonyl (C=O) groups excluding carboxylic acids is 2. The number of amides is 2. The molecule has 0 bridgehead atoms. The second-order valence-corrected chi connectivity index (χ2v) is 6.91. The van der Waals surface area contributed by atoms with Crippen LogP contribution in [0.25, 0.3) is 0 Å². The fraction of sp³-hybridized carbons (Fsp3) is 0.273. The average Bonchev–Trinajstić information content (AvgIpc) is 3.14. The van der Waals surface area contributed by atoms with Crippen molar-refractivity contribution < 1.29 is 19.1 Å². The number of nitrogens with one attached hydrogen (secondary N) is 1. The Bertz CT molecular complexity index is 953. The van der Waals surface area contributed by atoms with E-state index in [0.29, 0.717) is 42.3 Å². The van der Waals surface area contributed by atoms with Crippen LogP contribution >= 0.6 is 0 Å². The standard InChI is InChI=1S/C22H22N2O4/c1-3-14-9-18-21(25)23-17-11-20(28-13-15-7-5-4-6-8-15)19(27-2)10-16(17)22(26)24(18)12-14/h3-8,10-11,18H,9,12-13H2,1-2H3,(H,23,25)/b14-3+/t18-/m0/s1. The summed E-state index contributed by atoms with van der Waals surface area (Å²) in [5.41, 5.74) is 2.97. The molecule has 28 heavy (non-hydrogen) atoms. The maximum Gasteiger partial charge on any atom is 0.257 e. The first-order valence-corrected chi connectivity index (χ1v) is 9.25. The fourth-order valence-electron chi connectivity index (χ4n) is 3.63. The van der Waals surface area contributed by atoms with Crippen molar-refractivity contribution in [3.8, 4) is 11.5 Å². The van der Waals surface area contributed by atoms with Gasteiger partial charge in [-0.05, 0) is 25.0 Å². The maximum absolute atomic E-state index is 13.1. The van der Waals surface area contributed by atoms with Gasteiger partial charge in [-0.15, -0.1) is 0 Å². The smallest absolute Gasteiger partial charge is 0.257 e. The summed E-state index contributed by atoms with van der Waals surface area (Å²) in [6.07, 6.45) is 2.54. The summed E-state index contributed by atoms with van der Waals surface area (Å²) >= 11 is 0. The van der Waals surface area contributed by atoms with Gasteiger partial charge >= 0.3 is 0 Å². The minimum Gasteiger partial charge on any atom is -0.493 e. The summed E-state index contributed by atoms with van der Waals surface area (Å²) in [7, 11) is 1.54. The third kappa shape index (κ3) is 3.22. The monoisotopic (exact) mass is 378 g/mol. The third-order valence-corrected chi connectivity index (χ3v) is 5.21. The van der Waals surface area contributed by atoms with E-state index in [1.807, 2.05) is 43.3 Å². The number of allylic oxidation sites excluding steroid dienone is 1. The van der Waals surface area contributed by atoms with E-state index in [1.165, 1.54) is 7.11 Å². The van der Waals surface area contributed by atoms with Gasteiger partial charge in [-0.2, -0.15) is 0 Å². The van der Waals surface area contributed by atoms with Crippen LogP contribution in [0.1, 0.15) is 29.3 Å². The van der Waals surface area contributed by atoms with Crippen LogP contribution < -0.4 is 14.8 Å². The molecule has 0 radical (unpaired) electrons. The Morgan fingerprint density at radius 3 is 2.68 bits per heavy atom. The van der Waals surface area contributed by atoms with Crippen molar-refractivity contribution in [1.82, 2.24) is 4.90 Å². The molecular weight excluding hydrogens is 356 g/mol. The highest BCUT2D eigenvalue weighted by atomic mass is 16.5. The number of carbonyl (C=O) groups is 2. The van der Waals surface area contributed by atoms with Crippen molar-refractivity contribution in [2.24, 2.45) is 0 Å². The number of rotatable bonds is 4. The van der Waals surface area contributed by atoms with Gasteiger partial charge in [0.25, 0.3) is 5.91 Å². The van der Waals surface area contributed by atoms with E-state index in [4.69, 9.17) is 9.47 Å². The number of fused-ring (bicyclic) bond motifs is 2. The fourth-order valence-corrected chi connectivity index (χ4v) is 3.63. The summed E-state index contributed by atoms with van der Waals surface area (Å²) in [5, 5.41) is 2.89. The molecular formula is C22H22N2O4. The molecule has 4 rings (SSSR count). The van der Waals surface area contributed by atoms with Gasteiger partial charge in [0.1, 0.15) is 12.6 Å². The van der Waals surface area contributed by atoms with Crippen molar-refractivity contribution in [1.29, 1.82) is 0 Å². The summed E-state index contributed by atoms with van der Waals surface area (Å²) < 4.78 is 11.4. The van der Waals surface area contributed by atoms with Crippen LogP contribution in [0.3, 0.4) is 0 Å². The van der Waals surface area contributed by atoms with Crippen molar-refractivity contribution >= 4 is 17.5 Å². The van der Waals surface area contributed by atoms with Gasteiger partial charge < -0.3 is 19.7 Å². The molecule has 6 nitrogen and oxygen atoms in total. The zero-order valence-corrected chi connectivity index (χ0v) is 15.9. The molecule has 2 heterocycles. The largest absolute Gasteiger partial charge is 0.493 e. The zero-order chi connectivity index (χ0) is 19.7. The first-order chi connectivity index (χ1) is 13.6. The summed E-state index contributed by atoms with van der Waals surface area (Å²) in [5.74, 6) is 0.585. The zero-order valence-electron chi connectivity index (χ0n) is 15.9. The van der Waals surface area contributed by atoms with Crippen molar-refractivity contribution in [2.45, 2.75) is 26.0 Å². The molecule has 2 amide bonds. The topological polar surface area (TPSA) is 67.9 Å². The van der Waals surface area contributed by atoms with Gasteiger partial charge in [0.05, 0.1) is 18.4 Å². The second-order valence-electron chi connectivity index (χ2n) is 6.91. The number of anilines is 1.